The number of aromatic nitrogens is 1. The van der Waals surface area contributed by atoms with Crippen LogP contribution in [0.3, 0.4) is 0 Å². The summed E-state index contributed by atoms with van der Waals surface area (Å²) in [5.41, 5.74) is 0.301. The molecule has 0 aliphatic rings. The van der Waals surface area contributed by atoms with Gasteiger partial charge in [-0.2, -0.15) is 0 Å². The maximum atomic E-state index is 12.4. The van der Waals surface area contributed by atoms with Crippen LogP contribution in [0.4, 0.5) is 0 Å². The molecule has 0 bridgehead atoms. The smallest absolute Gasteiger partial charge is 0.243 e. The van der Waals surface area contributed by atoms with Crippen molar-refractivity contribution in [3.05, 3.63) is 36.2 Å². The molecule has 5 heteroatoms. The Morgan fingerprint density at radius 1 is 1.11 bits per heavy atom. The summed E-state index contributed by atoms with van der Waals surface area (Å²) in [5.74, 6) is 0. The fourth-order valence-electron chi connectivity index (χ4n) is 1.98. The molecule has 1 heterocycles. The van der Waals surface area contributed by atoms with Gasteiger partial charge in [0.25, 0.3) is 0 Å². The predicted octanol–water partition coefficient (Wildman–Crippen LogP) is 2.62. The van der Waals surface area contributed by atoms with Crippen molar-refractivity contribution in [2.45, 2.75) is 38.1 Å². The summed E-state index contributed by atoms with van der Waals surface area (Å²) in [6, 6.07) is 7.40. The number of fused-ring (bicyclic) bond motifs is 1. The minimum absolute atomic E-state index is 0.226. The van der Waals surface area contributed by atoms with Gasteiger partial charge in [0.15, 0.2) is 0 Å². The van der Waals surface area contributed by atoms with Crippen molar-refractivity contribution in [1.29, 1.82) is 0 Å². The van der Waals surface area contributed by atoms with Crippen molar-refractivity contribution in [1.82, 2.24) is 9.71 Å². The van der Waals surface area contributed by atoms with Gasteiger partial charge in [-0.05, 0) is 27.7 Å². The maximum Gasteiger partial charge on any atom is 0.243 e. The van der Waals surface area contributed by atoms with Crippen LogP contribution >= 0.6 is 0 Å². The molecular weight excluding hydrogens is 260 g/mol. The van der Waals surface area contributed by atoms with Gasteiger partial charge in [-0.1, -0.05) is 24.3 Å². The maximum absolute atomic E-state index is 12.4. The second kappa shape index (κ2) is 4.58. The van der Waals surface area contributed by atoms with E-state index >= 15 is 0 Å². The monoisotopic (exact) mass is 278 g/mol. The molecule has 1 N–H and O–H groups in total. The van der Waals surface area contributed by atoms with Crippen molar-refractivity contribution in [2.24, 2.45) is 0 Å². The molecule has 0 spiro atoms. The van der Waals surface area contributed by atoms with Crippen LogP contribution in [-0.2, 0) is 10.0 Å². The van der Waals surface area contributed by atoms with Crippen molar-refractivity contribution in [3.8, 4) is 0 Å². The van der Waals surface area contributed by atoms with Crippen molar-refractivity contribution < 1.29 is 8.42 Å². The van der Waals surface area contributed by atoms with Gasteiger partial charge in [0, 0.05) is 28.2 Å². The van der Waals surface area contributed by atoms with Gasteiger partial charge in [-0.15, -0.1) is 0 Å². The van der Waals surface area contributed by atoms with Gasteiger partial charge in [0.1, 0.15) is 4.90 Å². The molecule has 0 atom stereocenters. The Morgan fingerprint density at radius 3 is 2.26 bits per heavy atom. The number of aryl methyl sites for hydroxylation is 1. The lowest BCUT2D eigenvalue weighted by Crippen LogP contribution is -2.40. The zero-order valence-electron chi connectivity index (χ0n) is 11.6. The normalized spacial score (nSPS) is 12.8. The van der Waals surface area contributed by atoms with E-state index in [1.165, 1.54) is 6.20 Å². The van der Waals surface area contributed by atoms with E-state index in [0.717, 1.165) is 11.1 Å². The zero-order chi connectivity index (χ0) is 14.3. The van der Waals surface area contributed by atoms with Crippen LogP contribution in [0.15, 0.2) is 35.4 Å². The molecule has 4 nitrogen and oxygen atoms in total. The Labute approximate surface area is 113 Å². The van der Waals surface area contributed by atoms with E-state index in [2.05, 4.69) is 9.71 Å². The number of hydrogen-bond acceptors (Lipinski definition) is 3. The van der Waals surface area contributed by atoms with Gasteiger partial charge >= 0.3 is 0 Å². The van der Waals surface area contributed by atoms with E-state index < -0.39 is 15.6 Å². The first-order chi connectivity index (χ1) is 8.71. The number of sulfonamides is 1. The second-order valence-corrected chi connectivity index (χ2v) is 7.26. The fourth-order valence-corrected chi connectivity index (χ4v) is 3.56. The van der Waals surface area contributed by atoms with Gasteiger partial charge in [-0.3, -0.25) is 4.98 Å². The summed E-state index contributed by atoms with van der Waals surface area (Å²) >= 11 is 0. The molecule has 0 unspecified atom stereocenters. The summed E-state index contributed by atoms with van der Waals surface area (Å²) in [4.78, 5) is 4.41. The summed E-state index contributed by atoms with van der Waals surface area (Å²) in [7, 11) is -3.57. The number of nitrogens with zero attached hydrogens (tertiary/aromatic N) is 1. The molecule has 0 saturated carbocycles. The van der Waals surface area contributed by atoms with Crippen LogP contribution in [-0.4, -0.2) is 18.9 Å². The molecule has 0 aliphatic heterocycles. The number of hydrogen-bond donors (Lipinski definition) is 1. The molecule has 2 aromatic rings. The van der Waals surface area contributed by atoms with Gasteiger partial charge in [0.05, 0.1) is 0 Å². The lowest BCUT2D eigenvalue weighted by Gasteiger charge is -2.21. The zero-order valence-corrected chi connectivity index (χ0v) is 12.4. The van der Waals surface area contributed by atoms with Gasteiger partial charge < -0.3 is 0 Å². The minimum Gasteiger partial charge on any atom is -0.260 e. The largest absolute Gasteiger partial charge is 0.260 e. The molecule has 1 aromatic carbocycles. The Morgan fingerprint density at radius 2 is 1.68 bits per heavy atom. The third kappa shape index (κ3) is 2.93. The Kier molecular flexibility index (Phi) is 3.36. The van der Waals surface area contributed by atoms with E-state index in [1.807, 2.05) is 45.9 Å². The summed E-state index contributed by atoms with van der Waals surface area (Å²) < 4.78 is 27.5. The quantitative estimate of drug-likeness (QED) is 0.918. The van der Waals surface area contributed by atoms with Crippen molar-refractivity contribution in [2.75, 3.05) is 0 Å². The lowest BCUT2D eigenvalue weighted by atomic mass is 10.1. The molecule has 1 aromatic heterocycles. The Hall–Kier alpha value is -1.46. The summed E-state index contributed by atoms with van der Waals surface area (Å²) in [5, 5.41) is 1.56. The third-order valence-corrected chi connectivity index (χ3v) is 4.47. The van der Waals surface area contributed by atoms with Crippen molar-refractivity contribution >= 4 is 20.8 Å². The van der Waals surface area contributed by atoms with Crippen LogP contribution in [0.1, 0.15) is 26.5 Å². The fraction of sp³-hybridized carbons (Fsp3) is 0.357. The number of benzene rings is 1. The van der Waals surface area contributed by atoms with Gasteiger partial charge in [-0.25, -0.2) is 13.1 Å². The van der Waals surface area contributed by atoms with Crippen molar-refractivity contribution in [3.63, 3.8) is 0 Å². The standard InChI is InChI=1S/C14H18N2O2S/c1-10-11-7-5-6-8-12(11)13(9-15-10)19(17,18)16-14(2,3)4/h5-9,16H,1-4H3. The first kappa shape index (κ1) is 14.0. The molecule has 102 valence electrons. The number of pyridine rings is 1. The van der Waals surface area contributed by atoms with E-state index in [-0.39, 0.29) is 4.90 Å². The highest BCUT2D eigenvalue weighted by atomic mass is 32.2. The van der Waals surface area contributed by atoms with E-state index in [4.69, 9.17) is 0 Å². The number of rotatable bonds is 2. The number of nitrogens with one attached hydrogen (secondary N) is 1. The van der Waals surface area contributed by atoms with E-state index in [0.29, 0.717) is 5.39 Å². The first-order valence-electron chi connectivity index (χ1n) is 6.09. The molecule has 0 fully saturated rings. The van der Waals surface area contributed by atoms with E-state index in [9.17, 15) is 8.42 Å². The minimum atomic E-state index is -3.57. The SMILES string of the molecule is Cc1ncc(S(=O)(=O)NC(C)(C)C)c2ccccc12. The van der Waals surface area contributed by atoms with Crippen LogP contribution in [0.5, 0.6) is 0 Å². The average Bonchev–Trinajstić information content (AvgIpc) is 2.26. The van der Waals surface area contributed by atoms with Crippen LogP contribution in [0.25, 0.3) is 10.8 Å². The summed E-state index contributed by atoms with van der Waals surface area (Å²) in [6.45, 7) is 7.31. The molecule has 0 radical (unpaired) electrons. The molecule has 0 aliphatic carbocycles. The second-order valence-electron chi connectivity index (χ2n) is 5.61. The summed E-state index contributed by atoms with van der Waals surface area (Å²) in [6.07, 6.45) is 1.42. The molecule has 19 heavy (non-hydrogen) atoms. The highest BCUT2D eigenvalue weighted by Crippen LogP contribution is 2.24. The molecule has 0 saturated heterocycles. The van der Waals surface area contributed by atoms with Crippen LogP contribution in [0, 0.1) is 6.92 Å². The Bertz CT molecular complexity index is 716. The van der Waals surface area contributed by atoms with E-state index in [1.54, 1.807) is 6.07 Å². The van der Waals surface area contributed by atoms with Crippen LogP contribution in [0.2, 0.25) is 0 Å². The molecular formula is C14H18N2O2S. The first-order valence-corrected chi connectivity index (χ1v) is 7.57. The molecule has 2 rings (SSSR count). The highest BCUT2D eigenvalue weighted by Gasteiger charge is 2.24. The van der Waals surface area contributed by atoms with Crippen LogP contribution < -0.4 is 4.72 Å². The average molecular weight is 278 g/mol. The predicted molar refractivity (Wildman–Crippen MR) is 76.6 cm³/mol. The van der Waals surface area contributed by atoms with Gasteiger partial charge in [0.2, 0.25) is 10.0 Å². The topological polar surface area (TPSA) is 59.1 Å². The Balaban J connectivity index is 2.67. The lowest BCUT2D eigenvalue weighted by molar-refractivity contribution is 0.492. The molecule has 0 amide bonds. The highest BCUT2D eigenvalue weighted by molar-refractivity contribution is 7.89. The third-order valence-electron chi connectivity index (χ3n) is 2.69.